The summed E-state index contributed by atoms with van der Waals surface area (Å²) in [6, 6.07) is 17.4. The van der Waals surface area contributed by atoms with Crippen molar-refractivity contribution >= 4 is 33.2 Å². The minimum atomic E-state index is -3.97. The molecule has 0 spiro atoms. The van der Waals surface area contributed by atoms with Gasteiger partial charge in [-0.1, -0.05) is 53.6 Å². The lowest BCUT2D eigenvalue weighted by molar-refractivity contribution is 0.0950. The van der Waals surface area contributed by atoms with Crippen LogP contribution < -0.4 is 10.0 Å². The van der Waals surface area contributed by atoms with Crippen molar-refractivity contribution in [3.63, 3.8) is 0 Å². The van der Waals surface area contributed by atoms with Crippen LogP contribution in [0.3, 0.4) is 0 Å². The molecule has 3 aromatic rings. The van der Waals surface area contributed by atoms with Crippen LogP contribution in [0.25, 0.3) is 0 Å². The van der Waals surface area contributed by atoms with Crippen molar-refractivity contribution in [3.8, 4) is 0 Å². The first-order chi connectivity index (χ1) is 14.2. The molecule has 5 nitrogen and oxygen atoms in total. The number of sulfonamides is 1. The Morgan fingerprint density at radius 1 is 0.933 bits per heavy atom. The molecule has 2 N–H and O–H groups in total. The summed E-state index contributed by atoms with van der Waals surface area (Å²) in [5.74, 6) is -0.377. The molecule has 0 heterocycles. The predicted octanol–water partition coefficient (Wildman–Crippen LogP) is 5.00. The van der Waals surface area contributed by atoms with Crippen molar-refractivity contribution in [2.45, 2.75) is 32.2 Å². The van der Waals surface area contributed by atoms with Crippen molar-refractivity contribution < 1.29 is 13.2 Å². The molecule has 1 amide bonds. The number of halogens is 1. The summed E-state index contributed by atoms with van der Waals surface area (Å²) in [4.78, 5) is 12.5. The van der Waals surface area contributed by atoms with Crippen molar-refractivity contribution in [1.29, 1.82) is 0 Å². The van der Waals surface area contributed by atoms with Gasteiger partial charge in [0.1, 0.15) is 4.90 Å². The number of carbonyl (C=O) groups is 1. The van der Waals surface area contributed by atoms with E-state index in [0.29, 0.717) is 12.2 Å². The van der Waals surface area contributed by atoms with E-state index in [0.717, 1.165) is 22.3 Å². The van der Waals surface area contributed by atoms with E-state index < -0.39 is 10.0 Å². The van der Waals surface area contributed by atoms with Crippen LogP contribution in [-0.4, -0.2) is 14.3 Å². The van der Waals surface area contributed by atoms with Gasteiger partial charge in [-0.15, -0.1) is 0 Å². The highest BCUT2D eigenvalue weighted by molar-refractivity contribution is 7.92. The van der Waals surface area contributed by atoms with E-state index in [2.05, 4.69) is 10.0 Å². The number of carbonyl (C=O) groups excluding carboxylic acids is 1. The molecule has 0 aliphatic rings. The Morgan fingerprint density at radius 3 is 2.37 bits per heavy atom. The van der Waals surface area contributed by atoms with Gasteiger partial charge >= 0.3 is 0 Å². The standard InChI is InChI=1S/C23H23ClN2O3S/c1-15-8-11-21(17(3)12-15)26-30(28,29)22-13-18(9-10-20(22)24)23(27)25-14-19-7-5-4-6-16(19)2/h4-13,26H,14H2,1-3H3,(H,25,27). The monoisotopic (exact) mass is 442 g/mol. The van der Waals surface area contributed by atoms with Crippen LogP contribution in [0.15, 0.2) is 65.6 Å². The van der Waals surface area contributed by atoms with Gasteiger partial charge in [-0.2, -0.15) is 0 Å². The fraction of sp³-hybridized carbons (Fsp3) is 0.174. The Labute approximate surface area is 182 Å². The Hall–Kier alpha value is -2.83. The molecule has 0 saturated carbocycles. The van der Waals surface area contributed by atoms with Gasteiger partial charge in [0.25, 0.3) is 15.9 Å². The van der Waals surface area contributed by atoms with Gasteiger partial charge in [-0.05, 0) is 61.7 Å². The van der Waals surface area contributed by atoms with E-state index in [9.17, 15) is 13.2 Å². The predicted molar refractivity (Wildman–Crippen MR) is 121 cm³/mol. The van der Waals surface area contributed by atoms with Gasteiger partial charge in [0, 0.05) is 12.1 Å². The fourth-order valence-corrected chi connectivity index (χ4v) is 4.72. The maximum atomic E-state index is 12.9. The molecular formula is C23H23ClN2O3S. The van der Waals surface area contributed by atoms with Gasteiger partial charge < -0.3 is 5.32 Å². The number of anilines is 1. The SMILES string of the molecule is Cc1ccc(NS(=O)(=O)c2cc(C(=O)NCc3ccccc3C)ccc2Cl)c(C)c1. The van der Waals surface area contributed by atoms with Gasteiger partial charge in [-0.25, -0.2) is 8.42 Å². The molecule has 0 aromatic heterocycles. The third-order valence-corrected chi connectivity index (χ3v) is 6.66. The molecule has 0 aliphatic heterocycles. The normalized spacial score (nSPS) is 11.2. The average molecular weight is 443 g/mol. The number of hydrogen-bond acceptors (Lipinski definition) is 3. The summed E-state index contributed by atoms with van der Waals surface area (Å²) in [5.41, 5.74) is 4.56. The Kier molecular flexibility index (Phi) is 6.48. The summed E-state index contributed by atoms with van der Waals surface area (Å²) in [6.45, 7) is 6.06. The third-order valence-electron chi connectivity index (χ3n) is 4.81. The molecule has 0 bridgehead atoms. The van der Waals surface area contributed by atoms with Crippen molar-refractivity contribution in [2.75, 3.05) is 4.72 Å². The van der Waals surface area contributed by atoms with E-state index in [1.54, 1.807) is 6.07 Å². The number of aryl methyl sites for hydroxylation is 3. The Balaban J connectivity index is 1.83. The van der Waals surface area contributed by atoms with Gasteiger partial charge in [-0.3, -0.25) is 9.52 Å². The molecule has 7 heteroatoms. The summed E-state index contributed by atoms with van der Waals surface area (Å²) in [6.07, 6.45) is 0. The van der Waals surface area contributed by atoms with E-state index >= 15 is 0 Å². The molecular weight excluding hydrogens is 420 g/mol. The zero-order valence-electron chi connectivity index (χ0n) is 17.0. The van der Waals surface area contributed by atoms with E-state index in [-0.39, 0.29) is 21.4 Å². The zero-order valence-corrected chi connectivity index (χ0v) is 18.6. The highest BCUT2D eigenvalue weighted by atomic mass is 35.5. The Morgan fingerprint density at radius 2 is 1.67 bits per heavy atom. The van der Waals surface area contributed by atoms with Crippen LogP contribution >= 0.6 is 11.6 Å². The molecule has 3 aromatic carbocycles. The molecule has 0 atom stereocenters. The largest absolute Gasteiger partial charge is 0.348 e. The number of amides is 1. The Bertz CT molecular complexity index is 1210. The van der Waals surface area contributed by atoms with E-state index in [1.807, 2.05) is 57.2 Å². The molecule has 0 radical (unpaired) electrons. The molecule has 30 heavy (non-hydrogen) atoms. The van der Waals surface area contributed by atoms with Crippen LogP contribution in [0, 0.1) is 20.8 Å². The summed E-state index contributed by atoms with van der Waals surface area (Å²) in [7, 11) is -3.97. The average Bonchev–Trinajstić information content (AvgIpc) is 2.69. The molecule has 156 valence electrons. The quantitative estimate of drug-likeness (QED) is 0.564. The maximum Gasteiger partial charge on any atom is 0.263 e. The molecule has 0 fully saturated rings. The van der Waals surface area contributed by atoms with Crippen LogP contribution in [0.1, 0.15) is 32.6 Å². The minimum absolute atomic E-state index is 0.0442. The topological polar surface area (TPSA) is 75.3 Å². The van der Waals surface area contributed by atoms with Gasteiger partial charge in [0.05, 0.1) is 10.7 Å². The second-order valence-electron chi connectivity index (χ2n) is 7.18. The van der Waals surface area contributed by atoms with Crippen molar-refractivity contribution in [2.24, 2.45) is 0 Å². The highest BCUT2D eigenvalue weighted by Crippen LogP contribution is 2.26. The first-order valence-electron chi connectivity index (χ1n) is 9.40. The fourth-order valence-electron chi connectivity index (χ4n) is 3.06. The first kappa shape index (κ1) is 21.9. The number of hydrogen-bond donors (Lipinski definition) is 2. The molecule has 0 saturated heterocycles. The minimum Gasteiger partial charge on any atom is -0.348 e. The van der Waals surface area contributed by atoms with Crippen molar-refractivity contribution in [3.05, 3.63) is 93.5 Å². The molecule has 0 aliphatic carbocycles. The number of benzene rings is 3. The summed E-state index contributed by atoms with van der Waals surface area (Å²) >= 11 is 6.16. The maximum absolute atomic E-state index is 12.9. The van der Waals surface area contributed by atoms with Crippen molar-refractivity contribution in [1.82, 2.24) is 5.32 Å². The highest BCUT2D eigenvalue weighted by Gasteiger charge is 2.21. The third kappa shape index (κ3) is 5.01. The molecule has 3 rings (SSSR count). The lowest BCUT2D eigenvalue weighted by Crippen LogP contribution is -2.24. The van der Waals surface area contributed by atoms with Crippen LogP contribution in [0.4, 0.5) is 5.69 Å². The van der Waals surface area contributed by atoms with Crippen LogP contribution in [-0.2, 0) is 16.6 Å². The van der Waals surface area contributed by atoms with Gasteiger partial charge in [0.2, 0.25) is 0 Å². The number of nitrogens with one attached hydrogen (secondary N) is 2. The first-order valence-corrected chi connectivity index (χ1v) is 11.3. The molecule has 0 unspecified atom stereocenters. The van der Waals surface area contributed by atoms with E-state index in [1.165, 1.54) is 18.2 Å². The number of rotatable bonds is 6. The van der Waals surface area contributed by atoms with Crippen LogP contribution in [0.2, 0.25) is 5.02 Å². The summed E-state index contributed by atoms with van der Waals surface area (Å²) in [5, 5.41) is 2.87. The second kappa shape index (κ2) is 8.90. The van der Waals surface area contributed by atoms with Gasteiger partial charge in [0.15, 0.2) is 0 Å². The van der Waals surface area contributed by atoms with E-state index in [4.69, 9.17) is 11.6 Å². The lowest BCUT2D eigenvalue weighted by atomic mass is 10.1. The summed E-state index contributed by atoms with van der Waals surface area (Å²) < 4.78 is 28.4. The zero-order chi connectivity index (χ0) is 21.9. The van der Waals surface area contributed by atoms with Crippen LogP contribution in [0.5, 0.6) is 0 Å². The lowest BCUT2D eigenvalue weighted by Gasteiger charge is -2.13. The second-order valence-corrected chi connectivity index (χ2v) is 9.24. The smallest absolute Gasteiger partial charge is 0.263 e.